The topological polar surface area (TPSA) is 6.48 Å². The zero-order valence-corrected chi connectivity index (χ0v) is 13.8. The maximum atomic E-state index is 2.36. The number of hydrogen-bond donors (Lipinski definition) is 0. The zero-order chi connectivity index (χ0) is 14.0. The first kappa shape index (κ1) is 17.6. The van der Waals surface area contributed by atoms with E-state index in [2.05, 4.69) is 49.9 Å². The van der Waals surface area contributed by atoms with Crippen molar-refractivity contribution in [1.82, 2.24) is 9.80 Å². The molecule has 1 saturated heterocycles. The van der Waals surface area contributed by atoms with Gasteiger partial charge in [-0.1, -0.05) is 19.9 Å². The minimum Gasteiger partial charge on any atom is -0.364 e. The number of rotatable bonds is 1. The quantitative estimate of drug-likeness (QED) is 0.706. The molecule has 0 aromatic rings. The summed E-state index contributed by atoms with van der Waals surface area (Å²) in [6, 6.07) is 0. The molecular formula is C15H30N2S. The van der Waals surface area contributed by atoms with Crippen molar-refractivity contribution in [3.63, 3.8) is 0 Å². The number of hydrogen-bond acceptors (Lipinski definition) is 3. The molecule has 0 spiro atoms. The third kappa shape index (κ3) is 6.50. The summed E-state index contributed by atoms with van der Waals surface area (Å²) in [7, 11) is 4.30. The highest BCUT2D eigenvalue weighted by molar-refractivity contribution is 8.03. The van der Waals surface area contributed by atoms with Gasteiger partial charge in [0.15, 0.2) is 0 Å². The van der Waals surface area contributed by atoms with Gasteiger partial charge >= 0.3 is 0 Å². The van der Waals surface area contributed by atoms with Crippen LogP contribution in [0.25, 0.3) is 0 Å². The Morgan fingerprint density at radius 1 is 1.11 bits per heavy atom. The second kappa shape index (κ2) is 10.5. The zero-order valence-electron chi connectivity index (χ0n) is 13.0. The number of nitrogens with zero attached hydrogens (tertiary/aromatic N) is 2. The Morgan fingerprint density at radius 3 is 1.94 bits per heavy atom. The van der Waals surface area contributed by atoms with E-state index in [0.717, 1.165) is 5.88 Å². The van der Waals surface area contributed by atoms with Crippen LogP contribution in [0.2, 0.25) is 0 Å². The normalized spacial score (nSPS) is 19.8. The summed E-state index contributed by atoms with van der Waals surface area (Å²) in [6.07, 6.45) is 7.07. The monoisotopic (exact) mass is 270 g/mol. The predicted octanol–water partition coefficient (Wildman–Crippen LogP) is 4.17. The van der Waals surface area contributed by atoms with Gasteiger partial charge in [0.2, 0.25) is 0 Å². The lowest BCUT2D eigenvalue weighted by Gasteiger charge is -2.10. The number of allylic oxidation sites excluding steroid dienone is 3. The van der Waals surface area contributed by atoms with Crippen molar-refractivity contribution in [3.8, 4) is 0 Å². The minimum atomic E-state index is 1.10. The molecule has 0 radical (unpaired) electrons. The Kier molecular flexibility index (Phi) is 10.3. The first-order chi connectivity index (χ1) is 8.65. The largest absolute Gasteiger partial charge is 0.364 e. The second-order valence-corrected chi connectivity index (χ2v) is 5.58. The van der Waals surface area contributed by atoms with Gasteiger partial charge in [0, 0.05) is 17.6 Å². The Hall–Kier alpha value is -0.410. The van der Waals surface area contributed by atoms with Crippen LogP contribution < -0.4 is 0 Å². The fourth-order valence-electron chi connectivity index (χ4n) is 1.88. The van der Waals surface area contributed by atoms with Gasteiger partial charge in [0.05, 0.1) is 5.88 Å². The Balaban J connectivity index is 0.000000308. The van der Waals surface area contributed by atoms with Crippen LogP contribution in [0.1, 0.15) is 40.5 Å². The van der Waals surface area contributed by atoms with E-state index in [1.807, 2.05) is 25.6 Å². The SMILES string of the molecule is C/C=C\C1=C(C)SCN1C.CC.CN1CCCC1. The van der Waals surface area contributed by atoms with Gasteiger partial charge in [-0.15, -0.1) is 11.8 Å². The van der Waals surface area contributed by atoms with Crippen LogP contribution in [-0.4, -0.2) is 42.9 Å². The van der Waals surface area contributed by atoms with E-state index >= 15 is 0 Å². The van der Waals surface area contributed by atoms with Gasteiger partial charge in [0.1, 0.15) is 0 Å². The van der Waals surface area contributed by atoms with Crippen LogP contribution in [0.3, 0.4) is 0 Å². The van der Waals surface area contributed by atoms with Crippen LogP contribution in [-0.2, 0) is 0 Å². The van der Waals surface area contributed by atoms with Crippen molar-refractivity contribution in [3.05, 3.63) is 22.8 Å². The average molecular weight is 270 g/mol. The molecule has 2 nitrogen and oxygen atoms in total. The molecule has 0 aromatic carbocycles. The Labute approximate surface area is 118 Å². The smallest absolute Gasteiger partial charge is 0.0680 e. The second-order valence-electron chi connectivity index (χ2n) is 4.42. The first-order valence-electron chi connectivity index (χ1n) is 7.01. The molecule has 0 saturated carbocycles. The highest BCUT2D eigenvalue weighted by atomic mass is 32.2. The van der Waals surface area contributed by atoms with E-state index < -0.39 is 0 Å². The van der Waals surface area contributed by atoms with Crippen molar-refractivity contribution in [2.45, 2.75) is 40.5 Å². The molecule has 106 valence electrons. The lowest BCUT2D eigenvalue weighted by Crippen LogP contribution is -2.10. The van der Waals surface area contributed by atoms with E-state index in [1.165, 1.54) is 36.5 Å². The molecular weight excluding hydrogens is 240 g/mol. The highest BCUT2D eigenvalue weighted by Gasteiger charge is 2.12. The minimum absolute atomic E-state index is 1.10. The summed E-state index contributed by atoms with van der Waals surface area (Å²) >= 11 is 1.91. The molecule has 0 amide bonds. The van der Waals surface area contributed by atoms with E-state index in [0.29, 0.717) is 0 Å². The van der Waals surface area contributed by atoms with Gasteiger partial charge in [-0.2, -0.15) is 0 Å². The van der Waals surface area contributed by atoms with Crippen LogP contribution in [0, 0.1) is 0 Å². The number of thioether (sulfide) groups is 1. The Morgan fingerprint density at radius 2 is 1.67 bits per heavy atom. The molecule has 2 aliphatic heterocycles. The first-order valence-corrected chi connectivity index (χ1v) is 7.99. The van der Waals surface area contributed by atoms with Gasteiger partial charge < -0.3 is 9.80 Å². The van der Waals surface area contributed by atoms with Crippen LogP contribution in [0.5, 0.6) is 0 Å². The molecule has 0 aliphatic carbocycles. The van der Waals surface area contributed by atoms with Crippen LogP contribution in [0.4, 0.5) is 0 Å². The van der Waals surface area contributed by atoms with Crippen LogP contribution >= 0.6 is 11.8 Å². The molecule has 2 rings (SSSR count). The van der Waals surface area contributed by atoms with E-state index in [1.54, 1.807) is 0 Å². The lowest BCUT2D eigenvalue weighted by atomic mass is 10.3. The lowest BCUT2D eigenvalue weighted by molar-refractivity contribution is 0.418. The van der Waals surface area contributed by atoms with Crippen molar-refractivity contribution in [2.24, 2.45) is 0 Å². The summed E-state index contributed by atoms with van der Waals surface area (Å²) in [5.41, 5.74) is 1.37. The molecule has 0 atom stereocenters. The van der Waals surface area contributed by atoms with Crippen LogP contribution in [0.15, 0.2) is 22.8 Å². The maximum absolute atomic E-state index is 2.36. The summed E-state index contributed by atoms with van der Waals surface area (Å²) in [4.78, 5) is 6.06. The van der Waals surface area contributed by atoms with E-state index in [-0.39, 0.29) is 0 Å². The molecule has 2 heterocycles. The molecule has 2 aliphatic rings. The van der Waals surface area contributed by atoms with Crippen molar-refractivity contribution in [1.29, 1.82) is 0 Å². The fraction of sp³-hybridized carbons (Fsp3) is 0.733. The predicted molar refractivity (Wildman–Crippen MR) is 85.8 cm³/mol. The van der Waals surface area contributed by atoms with Crippen molar-refractivity contribution < 1.29 is 0 Å². The van der Waals surface area contributed by atoms with Crippen molar-refractivity contribution >= 4 is 11.8 Å². The number of likely N-dealkylation sites (N-methyl/N-ethyl adjacent to an activating group) is 1. The number of likely N-dealkylation sites (tertiary alicyclic amines) is 1. The molecule has 0 unspecified atom stereocenters. The van der Waals surface area contributed by atoms with Gasteiger partial charge in [-0.3, -0.25) is 0 Å². The molecule has 18 heavy (non-hydrogen) atoms. The molecule has 0 aromatic heterocycles. The van der Waals surface area contributed by atoms with Gasteiger partial charge in [-0.25, -0.2) is 0 Å². The van der Waals surface area contributed by atoms with Gasteiger partial charge in [0.25, 0.3) is 0 Å². The summed E-state index contributed by atoms with van der Waals surface area (Å²) < 4.78 is 0. The maximum Gasteiger partial charge on any atom is 0.0680 e. The van der Waals surface area contributed by atoms with Gasteiger partial charge in [-0.05, 0) is 52.9 Å². The summed E-state index contributed by atoms with van der Waals surface area (Å²) in [6.45, 7) is 10.9. The highest BCUT2D eigenvalue weighted by Crippen LogP contribution is 2.30. The standard InChI is InChI=1S/C8H13NS.C5H11N.C2H6/c1-4-5-8-7(2)10-6-9(8)3;1-6-4-2-3-5-6;1-2/h4-5H,6H2,1-3H3;2-5H2,1H3;1-2H3/b5-4-;;. The third-order valence-electron chi connectivity index (χ3n) is 2.90. The molecule has 0 N–H and O–H groups in total. The summed E-state index contributed by atoms with van der Waals surface area (Å²) in [5.74, 6) is 1.10. The van der Waals surface area contributed by atoms with E-state index in [9.17, 15) is 0 Å². The summed E-state index contributed by atoms with van der Waals surface area (Å²) in [5, 5.41) is 0. The van der Waals surface area contributed by atoms with Crippen molar-refractivity contribution in [2.75, 3.05) is 33.1 Å². The molecule has 0 bridgehead atoms. The van der Waals surface area contributed by atoms with E-state index in [4.69, 9.17) is 0 Å². The fourth-order valence-corrected chi connectivity index (χ4v) is 2.78. The Bertz CT molecular complexity index is 266. The molecule has 3 heteroatoms. The third-order valence-corrected chi connectivity index (χ3v) is 4.06. The average Bonchev–Trinajstić information content (AvgIpc) is 2.97. The molecule has 1 fully saturated rings.